The van der Waals surface area contributed by atoms with Gasteiger partial charge in [-0.2, -0.15) is 18.2 Å². The van der Waals surface area contributed by atoms with Crippen LogP contribution in [0.4, 0.5) is 13.2 Å². The summed E-state index contributed by atoms with van der Waals surface area (Å²) in [5.41, 5.74) is -0.695. The zero-order valence-electron chi connectivity index (χ0n) is 11.3. The summed E-state index contributed by atoms with van der Waals surface area (Å²) in [5.74, 6) is -1.53. The molecular weight excluding hydrogens is 303 g/mol. The van der Waals surface area contributed by atoms with Crippen LogP contribution in [-0.2, 0) is 6.18 Å². The van der Waals surface area contributed by atoms with E-state index in [1.807, 2.05) is 0 Å². The number of oxazole rings is 1. The molecule has 8 heteroatoms. The van der Waals surface area contributed by atoms with Gasteiger partial charge in [0, 0.05) is 0 Å². The third-order valence-corrected chi connectivity index (χ3v) is 2.63. The van der Waals surface area contributed by atoms with E-state index in [-0.39, 0.29) is 11.3 Å². The van der Waals surface area contributed by atoms with E-state index in [2.05, 4.69) is 11.6 Å². The highest BCUT2D eigenvalue weighted by atomic mass is 19.4. The molecule has 0 atom stereocenters. The number of rotatable bonds is 4. The number of halogens is 3. The minimum atomic E-state index is -4.56. The van der Waals surface area contributed by atoms with Gasteiger partial charge in [-0.3, -0.25) is 0 Å². The number of nitrogens with zero attached hydrogens (tertiary/aromatic N) is 1. The molecule has 5 nitrogen and oxygen atoms in total. The van der Waals surface area contributed by atoms with Crippen molar-refractivity contribution >= 4 is 11.5 Å². The fraction of sp³-hybridized carbons (Fsp3) is 0.143. The SMILES string of the molecule is C=C(C)c1cc(Oc2nc(C(=O)O)co2)cc(C(F)(F)F)c1. The lowest BCUT2D eigenvalue weighted by Crippen LogP contribution is -2.06. The molecule has 0 spiro atoms. The number of aromatic carboxylic acids is 1. The fourth-order valence-electron chi connectivity index (χ4n) is 1.57. The standard InChI is InChI=1S/C14H10F3NO4/c1-7(2)8-3-9(14(15,16)17)5-10(4-8)22-13-18-11(6-21-13)12(19)20/h3-6H,1H2,2H3,(H,19,20). The summed E-state index contributed by atoms with van der Waals surface area (Å²) >= 11 is 0. The minimum Gasteiger partial charge on any atom is -0.476 e. The van der Waals surface area contributed by atoms with E-state index < -0.39 is 29.5 Å². The summed E-state index contributed by atoms with van der Waals surface area (Å²) in [6.07, 6.45) is -4.21. The van der Waals surface area contributed by atoms with Crippen molar-refractivity contribution in [3.05, 3.63) is 47.9 Å². The predicted octanol–water partition coefficient (Wildman–Crippen LogP) is 4.22. The molecular formula is C14H10F3NO4. The van der Waals surface area contributed by atoms with Crippen LogP contribution >= 0.6 is 0 Å². The zero-order valence-corrected chi connectivity index (χ0v) is 11.3. The van der Waals surface area contributed by atoms with E-state index in [4.69, 9.17) is 14.3 Å². The Balaban J connectivity index is 2.38. The van der Waals surface area contributed by atoms with Crippen LogP contribution in [0.5, 0.6) is 11.8 Å². The second kappa shape index (κ2) is 5.55. The number of carboxylic acids is 1. The van der Waals surface area contributed by atoms with Crippen molar-refractivity contribution in [1.82, 2.24) is 4.98 Å². The number of carbonyl (C=O) groups is 1. The molecule has 0 saturated carbocycles. The van der Waals surface area contributed by atoms with Gasteiger partial charge >= 0.3 is 18.2 Å². The average molecular weight is 313 g/mol. The monoisotopic (exact) mass is 313 g/mol. The maximum Gasteiger partial charge on any atom is 0.416 e. The maximum atomic E-state index is 12.9. The van der Waals surface area contributed by atoms with Crippen LogP contribution in [-0.4, -0.2) is 16.1 Å². The molecule has 0 aliphatic carbocycles. The van der Waals surface area contributed by atoms with Crippen LogP contribution in [0.2, 0.25) is 0 Å². The lowest BCUT2D eigenvalue weighted by Gasteiger charge is -2.11. The minimum absolute atomic E-state index is 0.188. The predicted molar refractivity (Wildman–Crippen MR) is 69.7 cm³/mol. The van der Waals surface area contributed by atoms with Gasteiger partial charge in [-0.1, -0.05) is 12.2 Å². The van der Waals surface area contributed by atoms with Crippen LogP contribution in [0.25, 0.3) is 5.57 Å². The first-order valence-corrected chi connectivity index (χ1v) is 5.91. The van der Waals surface area contributed by atoms with Crippen LogP contribution in [0.3, 0.4) is 0 Å². The zero-order chi connectivity index (χ0) is 16.5. The van der Waals surface area contributed by atoms with E-state index in [9.17, 15) is 18.0 Å². The summed E-state index contributed by atoms with van der Waals surface area (Å²) in [5, 5.41) is 8.69. The first kappa shape index (κ1) is 15.6. The fourth-order valence-corrected chi connectivity index (χ4v) is 1.57. The number of alkyl halides is 3. The normalized spacial score (nSPS) is 11.3. The molecule has 2 rings (SSSR count). The van der Waals surface area contributed by atoms with Crippen molar-refractivity contribution in [1.29, 1.82) is 0 Å². The molecule has 1 heterocycles. The van der Waals surface area contributed by atoms with Crippen LogP contribution in [0.1, 0.15) is 28.5 Å². The molecule has 0 saturated heterocycles. The van der Waals surface area contributed by atoms with Gasteiger partial charge in [0.25, 0.3) is 0 Å². The Morgan fingerprint density at radius 3 is 2.55 bits per heavy atom. The molecule has 2 aromatic rings. The van der Waals surface area contributed by atoms with E-state index in [1.165, 1.54) is 6.07 Å². The van der Waals surface area contributed by atoms with Gasteiger partial charge in [-0.05, 0) is 30.7 Å². The lowest BCUT2D eigenvalue weighted by molar-refractivity contribution is -0.137. The number of ether oxygens (including phenoxy) is 1. The summed E-state index contributed by atoms with van der Waals surface area (Å²) in [7, 11) is 0. The Kier molecular flexibility index (Phi) is 3.94. The van der Waals surface area contributed by atoms with Crippen molar-refractivity contribution in [3.8, 4) is 11.8 Å². The van der Waals surface area contributed by atoms with E-state index >= 15 is 0 Å². The quantitative estimate of drug-likeness (QED) is 0.915. The van der Waals surface area contributed by atoms with Gasteiger partial charge in [0.1, 0.15) is 12.0 Å². The highest BCUT2D eigenvalue weighted by molar-refractivity contribution is 5.84. The highest BCUT2D eigenvalue weighted by Gasteiger charge is 2.31. The van der Waals surface area contributed by atoms with E-state index in [0.717, 1.165) is 18.4 Å². The van der Waals surface area contributed by atoms with Gasteiger partial charge in [-0.25, -0.2) is 4.79 Å². The molecule has 0 fully saturated rings. The van der Waals surface area contributed by atoms with Crippen molar-refractivity contribution < 1.29 is 32.2 Å². The first-order chi connectivity index (χ1) is 10.2. The average Bonchev–Trinajstić information content (AvgIpc) is 2.86. The van der Waals surface area contributed by atoms with Crippen LogP contribution in [0, 0.1) is 0 Å². The molecule has 0 bridgehead atoms. The largest absolute Gasteiger partial charge is 0.476 e. The lowest BCUT2D eigenvalue weighted by atomic mass is 10.0. The van der Waals surface area contributed by atoms with Crippen LogP contribution < -0.4 is 4.74 Å². The summed E-state index contributed by atoms with van der Waals surface area (Å²) in [4.78, 5) is 14.1. The molecule has 0 aliphatic heterocycles. The van der Waals surface area contributed by atoms with Crippen molar-refractivity contribution in [2.24, 2.45) is 0 Å². The molecule has 0 amide bonds. The number of allylic oxidation sites excluding steroid dienone is 1. The highest BCUT2D eigenvalue weighted by Crippen LogP contribution is 2.35. The van der Waals surface area contributed by atoms with E-state index in [1.54, 1.807) is 6.92 Å². The van der Waals surface area contributed by atoms with Crippen molar-refractivity contribution in [3.63, 3.8) is 0 Å². The smallest absolute Gasteiger partial charge is 0.416 e. The Labute approximate surface area is 122 Å². The molecule has 1 N–H and O–H groups in total. The topological polar surface area (TPSA) is 72.6 Å². The summed E-state index contributed by atoms with van der Waals surface area (Å²) < 4.78 is 48.4. The number of aromatic nitrogens is 1. The molecule has 0 unspecified atom stereocenters. The van der Waals surface area contributed by atoms with Gasteiger partial charge in [0.05, 0.1) is 5.56 Å². The Morgan fingerprint density at radius 2 is 2.05 bits per heavy atom. The van der Waals surface area contributed by atoms with Gasteiger partial charge in [0.15, 0.2) is 5.69 Å². The number of hydrogen-bond acceptors (Lipinski definition) is 4. The molecule has 1 aromatic heterocycles. The molecule has 0 radical (unpaired) electrons. The molecule has 1 aromatic carbocycles. The third kappa shape index (κ3) is 3.46. The Morgan fingerprint density at radius 1 is 1.36 bits per heavy atom. The second-order valence-electron chi connectivity index (χ2n) is 4.43. The van der Waals surface area contributed by atoms with Crippen molar-refractivity contribution in [2.75, 3.05) is 0 Å². The van der Waals surface area contributed by atoms with Gasteiger partial charge in [0.2, 0.25) is 0 Å². The van der Waals surface area contributed by atoms with E-state index in [0.29, 0.717) is 5.57 Å². The molecule has 0 aliphatic rings. The van der Waals surface area contributed by atoms with Crippen LogP contribution in [0.15, 0.2) is 35.5 Å². The van der Waals surface area contributed by atoms with Gasteiger partial charge in [-0.15, -0.1) is 0 Å². The van der Waals surface area contributed by atoms with Gasteiger partial charge < -0.3 is 14.3 Å². The number of carboxylic acid groups (broad SMARTS) is 1. The summed E-state index contributed by atoms with van der Waals surface area (Å²) in [6, 6.07) is 3.02. The Hall–Kier alpha value is -2.77. The number of hydrogen-bond donors (Lipinski definition) is 1. The number of benzene rings is 1. The molecule has 22 heavy (non-hydrogen) atoms. The first-order valence-electron chi connectivity index (χ1n) is 5.91. The third-order valence-electron chi connectivity index (χ3n) is 2.63. The molecule has 116 valence electrons. The Bertz CT molecular complexity index is 734. The second-order valence-corrected chi connectivity index (χ2v) is 4.43. The maximum absolute atomic E-state index is 12.9. The van der Waals surface area contributed by atoms with Crippen molar-refractivity contribution in [2.45, 2.75) is 13.1 Å². The summed E-state index contributed by atoms with van der Waals surface area (Å²) in [6.45, 7) is 5.13.